The Kier molecular flexibility index (Phi) is 5.69. The van der Waals surface area contributed by atoms with E-state index in [2.05, 4.69) is 0 Å². The number of amides is 1. The van der Waals surface area contributed by atoms with Gasteiger partial charge in [0.15, 0.2) is 11.8 Å². The Morgan fingerprint density at radius 3 is 2.38 bits per heavy atom. The molecule has 1 aliphatic heterocycles. The SMILES string of the molecule is COC(=O)C1C(=O)C(=CN(C)C)C(C)(C)N1C(=O)OCc1ccccc1. The molecular weight excluding hydrogens is 336 g/mol. The van der Waals surface area contributed by atoms with Crippen LogP contribution in [0.5, 0.6) is 0 Å². The molecule has 1 heterocycles. The van der Waals surface area contributed by atoms with E-state index in [-0.39, 0.29) is 6.61 Å². The summed E-state index contributed by atoms with van der Waals surface area (Å²) < 4.78 is 10.1. The van der Waals surface area contributed by atoms with Gasteiger partial charge in [0.25, 0.3) is 0 Å². The van der Waals surface area contributed by atoms with E-state index in [1.54, 1.807) is 39.0 Å². The van der Waals surface area contributed by atoms with Gasteiger partial charge in [0.1, 0.15) is 6.61 Å². The molecule has 0 spiro atoms. The lowest BCUT2D eigenvalue weighted by Crippen LogP contribution is -2.51. The Morgan fingerprint density at radius 2 is 1.85 bits per heavy atom. The molecule has 1 unspecified atom stereocenters. The van der Waals surface area contributed by atoms with Gasteiger partial charge in [-0.25, -0.2) is 9.59 Å². The number of nitrogens with zero attached hydrogens (tertiary/aromatic N) is 2. The molecule has 0 aromatic heterocycles. The fourth-order valence-electron chi connectivity index (χ4n) is 2.94. The van der Waals surface area contributed by atoms with Crippen LogP contribution in [-0.2, 0) is 25.7 Å². The molecule has 1 fully saturated rings. The minimum Gasteiger partial charge on any atom is -0.467 e. The summed E-state index contributed by atoms with van der Waals surface area (Å²) in [7, 11) is 4.71. The second-order valence-corrected chi connectivity index (χ2v) is 6.77. The van der Waals surface area contributed by atoms with Crippen molar-refractivity contribution in [3.8, 4) is 0 Å². The van der Waals surface area contributed by atoms with E-state index in [9.17, 15) is 14.4 Å². The lowest BCUT2D eigenvalue weighted by molar-refractivity contribution is -0.148. The summed E-state index contributed by atoms with van der Waals surface area (Å²) in [5, 5.41) is 0. The van der Waals surface area contributed by atoms with E-state index in [1.165, 1.54) is 7.11 Å². The van der Waals surface area contributed by atoms with Crippen molar-refractivity contribution in [2.45, 2.75) is 32.0 Å². The first-order valence-electron chi connectivity index (χ1n) is 8.21. The van der Waals surface area contributed by atoms with Gasteiger partial charge >= 0.3 is 12.1 Å². The molecule has 1 atom stereocenters. The molecule has 2 rings (SSSR count). The molecule has 1 aromatic carbocycles. The molecule has 0 saturated carbocycles. The number of ketones is 1. The average Bonchev–Trinajstić information content (AvgIpc) is 2.80. The summed E-state index contributed by atoms with van der Waals surface area (Å²) in [6.07, 6.45) is 0.868. The Labute approximate surface area is 153 Å². The third-order valence-corrected chi connectivity index (χ3v) is 4.25. The van der Waals surface area contributed by atoms with Crippen molar-refractivity contribution in [2.24, 2.45) is 0 Å². The van der Waals surface area contributed by atoms with E-state index < -0.39 is 29.4 Å². The quantitative estimate of drug-likeness (QED) is 0.464. The van der Waals surface area contributed by atoms with Crippen LogP contribution >= 0.6 is 0 Å². The van der Waals surface area contributed by atoms with Crippen LogP contribution in [0.4, 0.5) is 4.79 Å². The van der Waals surface area contributed by atoms with Gasteiger partial charge in [0, 0.05) is 25.9 Å². The molecule has 0 N–H and O–H groups in total. The van der Waals surface area contributed by atoms with Gasteiger partial charge in [-0.2, -0.15) is 0 Å². The Hall–Kier alpha value is -2.83. The first kappa shape index (κ1) is 19.5. The Balaban J connectivity index is 2.33. The van der Waals surface area contributed by atoms with Gasteiger partial charge in [0.2, 0.25) is 0 Å². The van der Waals surface area contributed by atoms with Crippen molar-refractivity contribution >= 4 is 17.8 Å². The molecule has 0 radical (unpaired) electrons. The van der Waals surface area contributed by atoms with Gasteiger partial charge in [-0.15, -0.1) is 0 Å². The van der Waals surface area contributed by atoms with E-state index in [1.807, 2.05) is 30.3 Å². The predicted octanol–water partition coefficient (Wildman–Crippen LogP) is 1.97. The number of hydrogen-bond donors (Lipinski definition) is 0. The highest BCUT2D eigenvalue weighted by atomic mass is 16.6. The zero-order valence-corrected chi connectivity index (χ0v) is 15.7. The van der Waals surface area contributed by atoms with Gasteiger partial charge in [-0.3, -0.25) is 9.69 Å². The van der Waals surface area contributed by atoms with Crippen molar-refractivity contribution in [1.29, 1.82) is 0 Å². The fourth-order valence-corrected chi connectivity index (χ4v) is 2.94. The number of methoxy groups -OCH3 is 1. The number of rotatable bonds is 4. The normalized spacial score (nSPS) is 20.2. The van der Waals surface area contributed by atoms with Crippen LogP contribution in [0.2, 0.25) is 0 Å². The molecule has 7 heteroatoms. The maximum Gasteiger partial charge on any atom is 0.411 e. The monoisotopic (exact) mass is 360 g/mol. The number of carbonyl (C=O) groups excluding carboxylic acids is 3. The third kappa shape index (κ3) is 3.71. The topological polar surface area (TPSA) is 76.2 Å². The molecule has 7 nitrogen and oxygen atoms in total. The zero-order valence-electron chi connectivity index (χ0n) is 15.7. The van der Waals surface area contributed by atoms with Gasteiger partial charge in [-0.05, 0) is 19.4 Å². The first-order valence-corrected chi connectivity index (χ1v) is 8.21. The summed E-state index contributed by atoms with van der Waals surface area (Å²) >= 11 is 0. The summed E-state index contributed by atoms with van der Waals surface area (Å²) in [6.45, 7) is 3.45. The lowest BCUT2D eigenvalue weighted by atomic mass is 9.95. The van der Waals surface area contributed by atoms with Crippen LogP contribution in [0, 0.1) is 0 Å². The highest BCUT2D eigenvalue weighted by Crippen LogP contribution is 2.37. The largest absolute Gasteiger partial charge is 0.467 e. The number of Topliss-reactive ketones (excluding diaryl/α,β-unsaturated/α-hetero) is 1. The molecular formula is C19H24N2O5. The zero-order chi connectivity index (χ0) is 19.5. The standard InChI is InChI=1S/C19H24N2O5/c1-19(2)14(11-20(3)4)16(22)15(17(23)25-5)21(19)18(24)26-12-13-9-7-6-8-10-13/h6-11,15H,12H2,1-5H3. The number of benzene rings is 1. The number of esters is 1. The van der Waals surface area contributed by atoms with Crippen LogP contribution in [0.25, 0.3) is 0 Å². The molecule has 26 heavy (non-hydrogen) atoms. The number of likely N-dealkylation sites (tertiary alicyclic amines) is 1. The second-order valence-electron chi connectivity index (χ2n) is 6.77. The van der Waals surface area contributed by atoms with Crippen LogP contribution in [0.3, 0.4) is 0 Å². The maximum atomic E-state index is 12.8. The molecule has 1 aliphatic rings. The van der Waals surface area contributed by atoms with Crippen molar-refractivity contribution < 1.29 is 23.9 Å². The Bertz CT molecular complexity index is 725. The summed E-state index contributed by atoms with van der Waals surface area (Å²) in [6, 6.07) is 7.82. The summed E-state index contributed by atoms with van der Waals surface area (Å²) in [4.78, 5) is 40.6. The second kappa shape index (κ2) is 7.59. The average molecular weight is 360 g/mol. The van der Waals surface area contributed by atoms with E-state index >= 15 is 0 Å². The lowest BCUT2D eigenvalue weighted by Gasteiger charge is -2.33. The van der Waals surface area contributed by atoms with Crippen molar-refractivity contribution in [3.05, 3.63) is 47.7 Å². The molecule has 1 amide bonds. The van der Waals surface area contributed by atoms with Gasteiger partial charge in [0.05, 0.1) is 12.6 Å². The number of hydrogen-bond acceptors (Lipinski definition) is 6. The van der Waals surface area contributed by atoms with Crippen LogP contribution < -0.4 is 0 Å². The maximum absolute atomic E-state index is 12.8. The van der Waals surface area contributed by atoms with Crippen molar-refractivity contribution in [1.82, 2.24) is 9.80 Å². The van der Waals surface area contributed by atoms with E-state index in [4.69, 9.17) is 9.47 Å². The molecule has 0 bridgehead atoms. The minimum absolute atomic E-state index is 0.0427. The van der Waals surface area contributed by atoms with E-state index in [0.717, 1.165) is 10.5 Å². The van der Waals surface area contributed by atoms with E-state index in [0.29, 0.717) is 5.57 Å². The number of carbonyl (C=O) groups is 3. The smallest absolute Gasteiger partial charge is 0.411 e. The highest BCUT2D eigenvalue weighted by Gasteiger charge is 2.56. The predicted molar refractivity (Wildman–Crippen MR) is 95.1 cm³/mol. The van der Waals surface area contributed by atoms with Crippen LogP contribution in [0.15, 0.2) is 42.1 Å². The fraction of sp³-hybridized carbons (Fsp3) is 0.421. The van der Waals surface area contributed by atoms with Crippen LogP contribution in [0.1, 0.15) is 19.4 Å². The highest BCUT2D eigenvalue weighted by molar-refractivity contribution is 6.17. The molecule has 0 aliphatic carbocycles. The molecule has 1 saturated heterocycles. The summed E-state index contributed by atoms with van der Waals surface area (Å²) in [5.41, 5.74) is 0.131. The summed E-state index contributed by atoms with van der Waals surface area (Å²) in [5.74, 6) is -1.26. The van der Waals surface area contributed by atoms with Crippen LogP contribution in [-0.4, -0.2) is 60.4 Å². The number of ether oxygens (including phenoxy) is 2. The third-order valence-electron chi connectivity index (χ3n) is 4.25. The van der Waals surface area contributed by atoms with Gasteiger partial charge < -0.3 is 14.4 Å². The minimum atomic E-state index is -1.36. The first-order chi connectivity index (χ1) is 12.2. The van der Waals surface area contributed by atoms with Crippen molar-refractivity contribution in [2.75, 3.05) is 21.2 Å². The van der Waals surface area contributed by atoms with Crippen molar-refractivity contribution in [3.63, 3.8) is 0 Å². The van der Waals surface area contributed by atoms with Gasteiger partial charge in [-0.1, -0.05) is 30.3 Å². The Morgan fingerprint density at radius 1 is 1.23 bits per heavy atom. The molecule has 140 valence electrons. The molecule has 1 aromatic rings.